The predicted octanol–water partition coefficient (Wildman–Crippen LogP) is 16.8. The molecule has 0 radical (unpaired) electrons. The van der Waals surface area contributed by atoms with Crippen molar-refractivity contribution in [3.63, 3.8) is 0 Å². The van der Waals surface area contributed by atoms with E-state index in [2.05, 4.69) is 266 Å². The van der Waals surface area contributed by atoms with Crippen molar-refractivity contribution in [2.75, 3.05) is 4.90 Å². The van der Waals surface area contributed by atoms with Crippen molar-refractivity contribution in [1.82, 2.24) is 0 Å². The fraction of sp³-hybridized carbons (Fsp3) is 0.0159. The van der Waals surface area contributed by atoms with E-state index in [1.807, 2.05) is 0 Å². The smallest absolute Gasteiger partial charge is 0.0713 e. The second kappa shape index (κ2) is 15.6. The third-order valence-electron chi connectivity index (χ3n) is 13.3. The van der Waals surface area contributed by atoms with Crippen LogP contribution in [0.4, 0.5) is 17.1 Å². The Morgan fingerprint density at radius 3 is 1.30 bits per heavy atom. The zero-order chi connectivity index (χ0) is 42.5. The minimum Gasteiger partial charge on any atom is -0.309 e. The van der Waals surface area contributed by atoms with Gasteiger partial charge in [0.2, 0.25) is 0 Å². The lowest BCUT2D eigenvalue weighted by Crippen LogP contribution is -2.28. The van der Waals surface area contributed by atoms with Gasteiger partial charge in [-0.25, -0.2) is 0 Å². The van der Waals surface area contributed by atoms with Crippen molar-refractivity contribution in [2.45, 2.75) is 5.41 Å². The fourth-order valence-electron chi connectivity index (χ4n) is 10.6. The van der Waals surface area contributed by atoms with Crippen LogP contribution in [0, 0.1) is 0 Å². The van der Waals surface area contributed by atoms with Crippen LogP contribution < -0.4 is 4.90 Å². The van der Waals surface area contributed by atoms with Crippen molar-refractivity contribution in [2.24, 2.45) is 0 Å². The molecule has 11 aromatic carbocycles. The summed E-state index contributed by atoms with van der Waals surface area (Å²) in [7, 11) is 0. The van der Waals surface area contributed by atoms with Crippen LogP contribution in [0.5, 0.6) is 0 Å². The molecular formula is C63H43N. The van der Waals surface area contributed by atoms with Gasteiger partial charge in [0.25, 0.3) is 0 Å². The van der Waals surface area contributed by atoms with Crippen molar-refractivity contribution >= 4 is 38.6 Å². The maximum atomic E-state index is 2.53. The maximum Gasteiger partial charge on any atom is 0.0713 e. The minimum absolute atomic E-state index is 0.490. The summed E-state index contributed by atoms with van der Waals surface area (Å²) in [6, 6.07) is 95.9. The molecule has 0 aliphatic heterocycles. The van der Waals surface area contributed by atoms with Crippen LogP contribution >= 0.6 is 0 Å². The maximum absolute atomic E-state index is 2.53. The Bertz CT molecular complexity index is 3430. The lowest BCUT2D eigenvalue weighted by Gasteiger charge is -2.34. The molecule has 0 N–H and O–H groups in total. The van der Waals surface area contributed by atoms with E-state index < -0.39 is 5.41 Å². The Morgan fingerprint density at radius 1 is 0.266 bits per heavy atom. The molecule has 0 saturated heterocycles. The molecule has 0 spiro atoms. The lowest BCUT2D eigenvalue weighted by molar-refractivity contribution is 0.768. The van der Waals surface area contributed by atoms with E-state index in [1.165, 1.54) is 88.3 Å². The molecule has 0 amide bonds. The molecule has 0 atom stereocenters. The largest absolute Gasteiger partial charge is 0.309 e. The Balaban J connectivity index is 1.15. The van der Waals surface area contributed by atoms with Crippen LogP contribution in [0.15, 0.2) is 261 Å². The van der Waals surface area contributed by atoms with Gasteiger partial charge in [-0.05, 0) is 102 Å². The van der Waals surface area contributed by atoms with E-state index >= 15 is 0 Å². The third kappa shape index (κ3) is 5.93. The van der Waals surface area contributed by atoms with Gasteiger partial charge in [-0.15, -0.1) is 0 Å². The number of hydrogen-bond donors (Lipinski definition) is 0. The number of nitrogens with zero attached hydrogens (tertiary/aromatic N) is 1. The molecule has 0 aromatic heterocycles. The van der Waals surface area contributed by atoms with Crippen LogP contribution in [-0.2, 0) is 5.41 Å². The second-order valence-electron chi connectivity index (χ2n) is 16.7. The molecular weight excluding hydrogens is 771 g/mol. The summed E-state index contributed by atoms with van der Waals surface area (Å²) in [5, 5.41) is 4.89. The Morgan fingerprint density at radius 2 is 0.688 bits per heavy atom. The number of anilines is 3. The number of benzene rings is 11. The predicted molar refractivity (Wildman–Crippen MR) is 270 cm³/mol. The summed E-state index contributed by atoms with van der Waals surface area (Å²) >= 11 is 0. The summed E-state index contributed by atoms with van der Waals surface area (Å²) in [6.07, 6.45) is 0. The number of fused-ring (bicyclic) bond motifs is 6. The van der Waals surface area contributed by atoms with Gasteiger partial charge in [-0.3, -0.25) is 0 Å². The summed E-state index contributed by atoms with van der Waals surface area (Å²) in [6.45, 7) is 0. The topological polar surface area (TPSA) is 3.24 Å². The van der Waals surface area contributed by atoms with E-state index in [-0.39, 0.29) is 0 Å². The van der Waals surface area contributed by atoms with Gasteiger partial charge in [0.05, 0.1) is 11.1 Å². The van der Waals surface area contributed by atoms with Crippen LogP contribution in [0.25, 0.3) is 66.1 Å². The van der Waals surface area contributed by atoms with Gasteiger partial charge in [0.1, 0.15) is 0 Å². The van der Waals surface area contributed by atoms with E-state index in [1.54, 1.807) is 0 Å². The number of rotatable bonds is 8. The average Bonchev–Trinajstić information content (AvgIpc) is 3.68. The molecule has 0 unspecified atom stereocenters. The van der Waals surface area contributed by atoms with Gasteiger partial charge in [-0.2, -0.15) is 0 Å². The first-order valence-corrected chi connectivity index (χ1v) is 22.2. The van der Waals surface area contributed by atoms with Crippen molar-refractivity contribution in [1.29, 1.82) is 0 Å². The SMILES string of the molecule is c1ccc(-c2ccccc2-c2ccc(N(c3ccc4c(c3)-c3ccccc3C4(c3ccccc3)c3ccccc3)c3c(-c4ccccc4)c4ccccc4c4ccccc34)cc2)cc1. The van der Waals surface area contributed by atoms with E-state index in [0.717, 1.165) is 17.1 Å². The Labute approximate surface area is 374 Å². The number of hydrogen-bond acceptors (Lipinski definition) is 1. The van der Waals surface area contributed by atoms with Crippen LogP contribution in [0.3, 0.4) is 0 Å². The highest BCUT2D eigenvalue weighted by Crippen LogP contribution is 2.58. The second-order valence-corrected chi connectivity index (χ2v) is 16.7. The Kier molecular flexibility index (Phi) is 9.13. The first-order chi connectivity index (χ1) is 31.8. The fourth-order valence-corrected chi connectivity index (χ4v) is 10.6. The van der Waals surface area contributed by atoms with Gasteiger partial charge in [0.15, 0.2) is 0 Å². The quantitative estimate of drug-likeness (QED) is 0.138. The van der Waals surface area contributed by atoms with E-state index in [0.29, 0.717) is 0 Å². The normalized spacial score (nSPS) is 12.5. The van der Waals surface area contributed by atoms with Crippen molar-refractivity contribution in [3.8, 4) is 44.5 Å². The summed E-state index contributed by atoms with van der Waals surface area (Å²) in [5.41, 5.74) is 17.6. The molecule has 0 bridgehead atoms. The Hall–Kier alpha value is -8.26. The first kappa shape index (κ1) is 37.5. The monoisotopic (exact) mass is 813 g/mol. The lowest BCUT2D eigenvalue weighted by atomic mass is 9.68. The highest BCUT2D eigenvalue weighted by atomic mass is 15.1. The first-order valence-electron chi connectivity index (χ1n) is 22.2. The zero-order valence-corrected chi connectivity index (χ0v) is 35.3. The van der Waals surface area contributed by atoms with Crippen LogP contribution in [0.2, 0.25) is 0 Å². The summed E-state index contributed by atoms with van der Waals surface area (Å²) < 4.78 is 0. The summed E-state index contributed by atoms with van der Waals surface area (Å²) in [4.78, 5) is 2.53. The molecule has 64 heavy (non-hydrogen) atoms. The van der Waals surface area contributed by atoms with E-state index in [4.69, 9.17) is 0 Å². The molecule has 0 fully saturated rings. The molecule has 0 heterocycles. The van der Waals surface area contributed by atoms with Crippen LogP contribution in [0.1, 0.15) is 22.3 Å². The van der Waals surface area contributed by atoms with Gasteiger partial charge in [0, 0.05) is 22.3 Å². The third-order valence-corrected chi connectivity index (χ3v) is 13.3. The minimum atomic E-state index is -0.490. The zero-order valence-electron chi connectivity index (χ0n) is 35.3. The van der Waals surface area contributed by atoms with E-state index in [9.17, 15) is 0 Å². The molecule has 1 heteroatoms. The molecule has 300 valence electrons. The molecule has 12 rings (SSSR count). The average molecular weight is 814 g/mol. The van der Waals surface area contributed by atoms with Crippen molar-refractivity contribution in [3.05, 3.63) is 283 Å². The van der Waals surface area contributed by atoms with Gasteiger partial charge in [-0.1, -0.05) is 237 Å². The van der Waals surface area contributed by atoms with Gasteiger partial charge >= 0.3 is 0 Å². The van der Waals surface area contributed by atoms with Gasteiger partial charge < -0.3 is 4.90 Å². The molecule has 1 nitrogen and oxygen atoms in total. The molecule has 1 aliphatic rings. The standard InChI is InChI=1S/C63H43N/c1-5-21-44(22-6-1)51-29-13-14-30-52(51)45-37-39-49(40-38-45)64(62-57-35-18-16-32-54(57)53-31-15-17-34-56(53)61(62)46-23-7-2-8-24-46)50-41-42-60-58(43-50)55-33-19-20-36-59(55)63(60,47-25-9-3-10-26-47)48-27-11-4-12-28-48/h1-43H. The highest BCUT2D eigenvalue weighted by molar-refractivity contribution is 6.22. The molecule has 11 aromatic rings. The molecule has 0 saturated carbocycles. The highest BCUT2D eigenvalue weighted by Gasteiger charge is 2.46. The molecule has 1 aliphatic carbocycles. The van der Waals surface area contributed by atoms with Crippen molar-refractivity contribution < 1.29 is 0 Å². The summed E-state index contributed by atoms with van der Waals surface area (Å²) in [5.74, 6) is 0. The van der Waals surface area contributed by atoms with Crippen LogP contribution in [-0.4, -0.2) is 0 Å².